The van der Waals surface area contributed by atoms with Crippen LogP contribution in [0.25, 0.3) is 6.08 Å². The van der Waals surface area contributed by atoms with Crippen LogP contribution in [-0.2, 0) is 4.79 Å². The van der Waals surface area contributed by atoms with E-state index >= 15 is 0 Å². The predicted molar refractivity (Wildman–Crippen MR) is 117 cm³/mol. The van der Waals surface area contributed by atoms with Crippen LogP contribution in [0.3, 0.4) is 0 Å². The first-order valence-electron chi connectivity index (χ1n) is 9.80. The molecule has 8 heteroatoms. The summed E-state index contributed by atoms with van der Waals surface area (Å²) in [5.41, 5.74) is 2.39. The molecule has 2 heterocycles. The number of amides is 1. The van der Waals surface area contributed by atoms with Crippen molar-refractivity contribution >= 4 is 42.6 Å². The fraction of sp³-hybridized carbons (Fsp3) is 0.600. The van der Waals surface area contributed by atoms with Gasteiger partial charge in [0.25, 0.3) is 5.91 Å². The van der Waals surface area contributed by atoms with Gasteiger partial charge in [0.2, 0.25) is 0 Å². The molecule has 1 saturated heterocycles. The lowest BCUT2D eigenvalue weighted by atomic mass is 10.00. The van der Waals surface area contributed by atoms with Crippen molar-refractivity contribution in [3.63, 3.8) is 0 Å². The van der Waals surface area contributed by atoms with Crippen LogP contribution in [0.15, 0.2) is 24.4 Å². The Hall–Kier alpha value is -1.34. The molecule has 0 spiro atoms. The van der Waals surface area contributed by atoms with E-state index < -0.39 is 5.91 Å². The number of carbonyl (C=O) groups excluding carboxylic acids is 1. The Morgan fingerprint density at radius 3 is 2.57 bits per heavy atom. The highest BCUT2D eigenvalue weighted by Gasteiger charge is 2.25. The van der Waals surface area contributed by atoms with Gasteiger partial charge in [-0.2, -0.15) is 0 Å². The van der Waals surface area contributed by atoms with Crippen LogP contribution in [0.1, 0.15) is 50.5 Å². The number of carbonyl (C=O) groups is 1. The van der Waals surface area contributed by atoms with Gasteiger partial charge in [-0.3, -0.25) is 10.0 Å². The van der Waals surface area contributed by atoms with Gasteiger partial charge in [0.1, 0.15) is 5.82 Å². The Kier molecular flexibility index (Phi) is 11.5. The van der Waals surface area contributed by atoms with E-state index in [1.807, 2.05) is 12.1 Å². The Morgan fingerprint density at radius 2 is 1.93 bits per heavy atom. The van der Waals surface area contributed by atoms with Crippen LogP contribution in [0.2, 0.25) is 0 Å². The quantitative estimate of drug-likeness (QED) is 0.276. The Morgan fingerprint density at radius 1 is 1.18 bits per heavy atom. The van der Waals surface area contributed by atoms with E-state index in [1.165, 1.54) is 57.7 Å². The number of halogens is 2. The van der Waals surface area contributed by atoms with E-state index in [-0.39, 0.29) is 24.8 Å². The highest BCUT2D eigenvalue weighted by Crippen LogP contribution is 2.25. The molecule has 3 rings (SSSR count). The van der Waals surface area contributed by atoms with E-state index in [2.05, 4.69) is 15.2 Å². The van der Waals surface area contributed by atoms with E-state index in [0.717, 1.165) is 30.3 Å². The molecule has 0 bridgehead atoms. The first kappa shape index (κ1) is 24.7. The Bertz CT molecular complexity index is 605. The number of hydroxylamine groups is 1. The number of hydrogen-bond donors (Lipinski definition) is 3. The number of nitrogens with one attached hydrogen (secondary N) is 2. The predicted octanol–water partition coefficient (Wildman–Crippen LogP) is 3.90. The maximum atomic E-state index is 11.0. The van der Waals surface area contributed by atoms with E-state index in [1.54, 1.807) is 17.8 Å². The third kappa shape index (κ3) is 7.95. The third-order valence-electron chi connectivity index (χ3n) is 5.44. The molecule has 1 aromatic heterocycles. The second kappa shape index (κ2) is 13.0. The molecule has 1 aromatic rings. The molecule has 2 fully saturated rings. The number of anilines is 1. The molecule has 1 aliphatic heterocycles. The van der Waals surface area contributed by atoms with Crippen molar-refractivity contribution in [2.75, 3.05) is 25.0 Å². The number of aromatic nitrogens is 1. The topological polar surface area (TPSA) is 77.5 Å². The fourth-order valence-electron chi connectivity index (χ4n) is 4.04. The van der Waals surface area contributed by atoms with Gasteiger partial charge >= 0.3 is 0 Å². The van der Waals surface area contributed by atoms with E-state index in [4.69, 9.17) is 5.21 Å². The highest BCUT2D eigenvalue weighted by molar-refractivity contribution is 5.90. The maximum Gasteiger partial charge on any atom is 0.267 e. The van der Waals surface area contributed by atoms with Crippen LogP contribution < -0.4 is 10.8 Å². The smallest absolute Gasteiger partial charge is 0.267 e. The van der Waals surface area contributed by atoms with Gasteiger partial charge in [0.05, 0.1) is 0 Å². The normalized spacial score (nSPS) is 20.8. The lowest BCUT2D eigenvalue weighted by Gasteiger charge is -2.22. The second-order valence-corrected chi connectivity index (χ2v) is 7.53. The van der Waals surface area contributed by atoms with Crippen molar-refractivity contribution in [2.24, 2.45) is 5.92 Å². The summed E-state index contributed by atoms with van der Waals surface area (Å²) in [6, 6.07) is 4.30. The molecule has 0 radical (unpaired) electrons. The molecule has 1 amide bonds. The van der Waals surface area contributed by atoms with Crippen LogP contribution >= 0.6 is 24.8 Å². The molecule has 1 aliphatic carbocycles. The molecule has 6 nitrogen and oxygen atoms in total. The van der Waals surface area contributed by atoms with Gasteiger partial charge in [-0.15, -0.1) is 24.8 Å². The fourth-order valence-corrected chi connectivity index (χ4v) is 4.04. The van der Waals surface area contributed by atoms with E-state index in [0.29, 0.717) is 6.04 Å². The number of nitrogens with zero attached hydrogens (tertiary/aromatic N) is 2. The zero-order valence-corrected chi connectivity index (χ0v) is 17.8. The number of hydrogen-bond acceptors (Lipinski definition) is 5. The number of rotatable bonds is 6. The van der Waals surface area contributed by atoms with Gasteiger partial charge in [0, 0.05) is 37.9 Å². The molecular weight excluding hydrogens is 399 g/mol. The standard InChI is InChI=1S/C20H30N4O2.2ClH/c25-20(23-26)10-8-16-7-9-19(21-13-16)22-18-11-12-24(15-18)14-17-5-3-1-2-4-6-17;;/h7-10,13,17-18,26H,1-6,11-12,14-15H2,(H,21,22)(H,23,25);2*1H/b10-8+;;. The summed E-state index contributed by atoms with van der Waals surface area (Å²) in [4.78, 5) is 18.0. The van der Waals surface area contributed by atoms with Gasteiger partial charge in [-0.05, 0) is 49.0 Å². The summed E-state index contributed by atoms with van der Waals surface area (Å²) >= 11 is 0. The zero-order chi connectivity index (χ0) is 18.2. The molecule has 1 unspecified atom stereocenters. The molecule has 2 aliphatic rings. The van der Waals surface area contributed by atoms with Crippen LogP contribution in [0, 0.1) is 5.92 Å². The minimum atomic E-state index is -0.549. The lowest BCUT2D eigenvalue weighted by molar-refractivity contribution is -0.124. The first-order valence-corrected chi connectivity index (χ1v) is 9.80. The summed E-state index contributed by atoms with van der Waals surface area (Å²) in [7, 11) is 0. The Labute approximate surface area is 179 Å². The molecule has 0 aromatic carbocycles. The van der Waals surface area contributed by atoms with Crippen molar-refractivity contribution in [3.8, 4) is 0 Å². The average molecular weight is 431 g/mol. The number of likely N-dealkylation sites (tertiary alicyclic amines) is 1. The summed E-state index contributed by atoms with van der Waals surface area (Å²) in [6.07, 6.45) is 14.2. The lowest BCUT2D eigenvalue weighted by Crippen LogP contribution is -2.30. The first-order chi connectivity index (χ1) is 12.7. The molecular formula is C20H32Cl2N4O2. The largest absolute Gasteiger partial charge is 0.366 e. The Balaban J connectivity index is 0.00000196. The minimum Gasteiger partial charge on any atom is -0.366 e. The molecule has 1 saturated carbocycles. The van der Waals surface area contributed by atoms with Crippen LogP contribution in [0.4, 0.5) is 5.82 Å². The van der Waals surface area contributed by atoms with Crippen LogP contribution in [0.5, 0.6) is 0 Å². The van der Waals surface area contributed by atoms with Crippen molar-refractivity contribution in [2.45, 2.75) is 51.0 Å². The summed E-state index contributed by atoms with van der Waals surface area (Å²) < 4.78 is 0. The zero-order valence-electron chi connectivity index (χ0n) is 16.2. The van der Waals surface area contributed by atoms with Crippen molar-refractivity contribution in [1.82, 2.24) is 15.4 Å². The summed E-state index contributed by atoms with van der Waals surface area (Å²) in [6.45, 7) is 3.52. The second-order valence-electron chi connectivity index (χ2n) is 7.53. The summed E-state index contributed by atoms with van der Waals surface area (Å²) in [5, 5.41) is 12.0. The maximum absolute atomic E-state index is 11.0. The monoisotopic (exact) mass is 430 g/mol. The van der Waals surface area contributed by atoms with Gasteiger partial charge in [-0.1, -0.05) is 25.7 Å². The molecule has 3 N–H and O–H groups in total. The third-order valence-corrected chi connectivity index (χ3v) is 5.44. The average Bonchev–Trinajstić information content (AvgIpc) is 2.93. The molecule has 1 atom stereocenters. The van der Waals surface area contributed by atoms with Crippen molar-refractivity contribution in [3.05, 3.63) is 30.0 Å². The summed E-state index contributed by atoms with van der Waals surface area (Å²) in [5.74, 6) is 1.21. The highest BCUT2D eigenvalue weighted by atomic mass is 35.5. The SMILES string of the molecule is Cl.Cl.O=C(/C=C/c1ccc(NC2CCN(CC3CCCCCC3)C2)nc1)NO. The molecule has 158 valence electrons. The number of pyridine rings is 1. The van der Waals surface area contributed by atoms with Gasteiger partial charge in [0.15, 0.2) is 0 Å². The minimum absolute atomic E-state index is 0. The molecule has 28 heavy (non-hydrogen) atoms. The van der Waals surface area contributed by atoms with Gasteiger partial charge in [-0.25, -0.2) is 10.5 Å². The van der Waals surface area contributed by atoms with Crippen molar-refractivity contribution < 1.29 is 10.0 Å². The van der Waals surface area contributed by atoms with Crippen LogP contribution in [-0.4, -0.2) is 46.7 Å². The van der Waals surface area contributed by atoms with Crippen molar-refractivity contribution in [1.29, 1.82) is 0 Å². The van der Waals surface area contributed by atoms with Gasteiger partial charge < -0.3 is 10.2 Å². The van der Waals surface area contributed by atoms with E-state index in [9.17, 15) is 4.79 Å².